The van der Waals surface area contributed by atoms with Crippen LogP contribution in [0, 0.1) is 0 Å². The normalized spacial score (nSPS) is 11.0. The quantitative estimate of drug-likeness (QED) is 0.756. The predicted molar refractivity (Wildman–Crippen MR) is 92.0 cm³/mol. The fourth-order valence-electron chi connectivity index (χ4n) is 2.60. The molecular formula is C17H24BrN3. The molecule has 0 unspecified atom stereocenters. The van der Waals surface area contributed by atoms with Gasteiger partial charge in [-0.05, 0) is 53.9 Å². The molecule has 4 heteroatoms. The number of nitrogens with one attached hydrogen (secondary N) is 1. The third-order valence-electron chi connectivity index (χ3n) is 3.65. The summed E-state index contributed by atoms with van der Waals surface area (Å²) in [5.41, 5.74) is 4.99. The topological polar surface area (TPSA) is 29.9 Å². The molecule has 1 heterocycles. The molecule has 0 radical (unpaired) electrons. The molecule has 1 N–H and O–H groups in total. The lowest BCUT2D eigenvalue weighted by atomic mass is 10.1. The van der Waals surface area contributed by atoms with E-state index in [1.54, 1.807) is 0 Å². The van der Waals surface area contributed by atoms with Gasteiger partial charge in [-0.25, -0.2) is 4.68 Å². The number of hydrogen-bond acceptors (Lipinski definition) is 2. The van der Waals surface area contributed by atoms with Gasteiger partial charge in [0.05, 0.1) is 11.4 Å². The molecule has 0 aliphatic heterocycles. The van der Waals surface area contributed by atoms with Gasteiger partial charge in [-0.3, -0.25) is 0 Å². The van der Waals surface area contributed by atoms with Crippen molar-refractivity contribution in [2.24, 2.45) is 0 Å². The van der Waals surface area contributed by atoms with Gasteiger partial charge >= 0.3 is 0 Å². The Morgan fingerprint density at radius 3 is 2.52 bits per heavy atom. The molecule has 0 amide bonds. The molecule has 21 heavy (non-hydrogen) atoms. The van der Waals surface area contributed by atoms with E-state index in [0.29, 0.717) is 0 Å². The maximum Gasteiger partial charge on any atom is 0.0790 e. The van der Waals surface area contributed by atoms with Crippen LogP contribution in [0.15, 0.2) is 28.7 Å². The second-order valence-corrected chi connectivity index (χ2v) is 5.97. The third kappa shape index (κ3) is 3.55. The molecule has 1 aromatic carbocycles. The largest absolute Gasteiger partial charge is 0.313 e. The highest BCUT2D eigenvalue weighted by Gasteiger charge is 2.17. The number of benzene rings is 1. The van der Waals surface area contributed by atoms with Crippen LogP contribution in [0.25, 0.3) is 5.69 Å². The zero-order valence-electron chi connectivity index (χ0n) is 13.1. The van der Waals surface area contributed by atoms with Crippen molar-refractivity contribution in [1.82, 2.24) is 15.1 Å². The molecule has 2 aromatic rings. The van der Waals surface area contributed by atoms with Gasteiger partial charge in [-0.1, -0.05) is 32.9 Å². The summed E-state index contributed by atoms with van der Waals surface area (Å²) in [4.78, 5) is 0. The molecule has 3 nitrogen and oxygen atoms in total. The van der Waals surface area contributed by atoms with Crippen LogP contribution < -0.4 is 5.32 Å². The first-order valence-corrected chi connectivity index (χ1v) is 8.57. The van der Waals surface area contributed by atoms with Crippen molar-refractivity contribution in [3.8, 4) is 5.69 Å². The van der Waals surface area contributed by atoms with Crippen molar-refractivity contribution >= 4 is 15.9 Å². The molecule has 0 aliphatic rings. The molecule has 0 bridgehead atoms. The number of nitrogens with zero attached hydrogens (tertiary/aromatic N) is 2. The van der Waals surface area contributed by atoms with Gasteiger partial charge in [0.15, 0.2) is 0 Å². The van der Waals surface area contributed by atoms with Crippen LogP contribution in [-0.4, -0.2) is 16.3 Å². The third-order valence-corrected chi connectivity index (χ3v) is 4.32. The number of halogens is 1. The van der Waals surface area contributed by atoms with Crippen LogP contribution in [0.4, 0.5) is 0 Å². The summed E-state index contributed by atoms with van der Waals surface area (Å²) in [6.07, 6.45) is 3.10. The van der Waals surface area contributed by atoms with E-state index in [4.69, 9.17) is 5.10 Å². The summed E-state index contributed by atoms with van der Waals surface area (Å²) in [6, 6.07) is 8.27. The minimum absolute atomic E-state index is 0.907. The highest BCUT2D eigenvalue weighted by Crippen LogP contribution is 2.25. The summed E-state index contributed by atoms with van der Waals surface area (Å²) in [5, 5.41) is 8.37. The van der Waals surface area contributed by atoms with Crippen LogP contribution in [0.3, 0.4) is 0 Å². The maximum atomic E-state index is 4.86. The summed E-state index contributed by atoms with van der Waals surface area (Å²) in [6.45, 7) is 8.53. The van der Waals surface area contributed by atoms with Crippen molar-refractivity contribution in [2.75, 3.05) is 6.54 Å². The Bertz CT molecular complexity index is 590. The van der Waals surface area contributed by atoms with Gasteiger partial charge in [0.1, 0.15) is 0 Å². The Balaban J connectivity index is 2.45. The molecule has 0 atom stereocenters. The van der Waals surface area contributed by atoms with Crippen LogP contribution in [0.5, 0.6) is 0 Å². The highest BCUT2D eigenvalue weighted by molar-refractivity contribution is 9.10. The molecule has 0 spiro atoms. The van der Waals surface area contributed by atoms with Crippen molar-refractivity contribution in [3.63, 3.8) is 0 Å². The summed E-state index contributed by atoms with van der Waals surface area (Å²) in [5.74, 6) is 0. The number of rotatable bonds is 7. The van der Waals surface area contributed by atoms with E-state index in [1.807, 2.05) is 6.07 Å². The average Bonchev–Trinajstić information content (AvgIpc) is 2.85. The van der Waals surface area contributed by atoms with Crippen molar-refractivity contribution in [2.45, 2.75) is 46.6 Å². The van der Waals surface area contributed by atoms with E-state index in [9.17, 15) is 0 Å². The molecule has 0 saturated carbocycles. The second-order valence-electron chi connectivity index (χ2n) is 5.12. The van der Waals surface area contributed by atoms with Gasteiger partial charge in [0.25, 0.3) is 0 Å². The lowest BCUT2D eigenvalue weighted by molar-refractivity contribution is 0.666. The summed E-state index contributed by atoms with van der Waals surface area (Å²) < 4.78 is 3.18. The maximum absolute atomic E-state index is 4.86. The molecule has 114 valence electrons. The number of para-hydroxylation sites is 1. The molecule has 1 aromatic heterocycles. The summed E-state index contributed by atoms with van der Waals surface area (Å²) in [7, 11) is 0. The number of aryl methyl sites for hydroxylation is 1. The smallest absolute Gasteiger partial charge is 0.0790 e. The van der Waals surface area contributed by atoms with Crippen molar-refractivity contribution < 1.29 is 0 Å². The zero-order valence-corrected chi connectivity index (χ0v) is 14.7. The van der Waals surface area contributed by atoms with Crippen molar-refractivity contribution in [1.29, 1.82) is 0 Å². The van der Waals surface area contributed by atoms with Crippen LogP contribution >= 0.6 is 15.9 Å². The average molecular weight is 350 g/mol. The highest BCUT2D eigenvalue weighted by atomic mass is 79.9. The van der Waals surface area contributed by atoms with Gasteiger partial charge in [-0.15, -0.1) is 0 Å². The van der Waals surface area contributed by atoms with Gasteiger partial charge in [0.2, 0.25) is 0 Å². The first-order valence-electron chi connectivity index (χ1n) is 7.78. The van der Waals surface area contributed by atoms with E-state index in [1.165, 1.54) is 17.0 Å². The Morgan fingerprint density at radius 2 is 1.90 bits per heavy atom. The van der Waals surface area contributed by atoms with E-state index in [-0.39, 0.29) is 0 Å². The first kappa shape index (κ1) is 16.2. The summed E-state index contributed by atoms with van der Waals surface area (Å²) >= 11 is 3.64. The standard InChI is InChI=1S/C17H24BrN3/c1-4-11-19-12-13-15(5-2)20-21(16(13)6-3)17-10-8-7-9-14(17)18/h7-10,19H,4-6,11-12H2,1-3H3. The van der Waals surface area contributed by atoms with E-state index >= 15 is 0 Å². The minimum Gasteiger partial charge on any atom is -0.313 e. The first-order chi connectivity index (χ1) is 10.2. The number of hydrogen-bond donors (Lipinski definition) is 1. The minimum atomic E-state index is 0.907. The molecule has 0 fully saturated rings. The Kier molecular flexibility index (Phi) is 6.00. The monoisotopic (exact) mass is 349 g/mol. The second kappa shape index (κ2) is 7.76. The van der Waals surface area contributed by atoms with E-state index in [0.717, 1.165) is 42.5 Å². The van der Waals surface area contributed by atoms with Crippen LogP contribution in [0.2, 0.25) is 0 Å². The van der Waals surface area contributed by atoms with Gasteiger partial charge in [-0.2, -0.15) is 5.10 Å². The lowest BCUT2D eigenvalue weighted by Gasteiger charge is -2.10. The SMILES string of the molecule is CCCNCc1c(CC)nn(-c2ccccc2Br)c1CC. The Morgan fingerprint density at radius 1 is 1.14 bits per heavy atom. The van der Waals surface area contributed by atoms with Gasteiger partial charge < -0.3 is 5.32 Å². The number of aromatic nitrogens is 2. The molecule has 0 aliphatic carbocycles. The van der Waals surface area contributed by atoms with Crippen molar-refractivity contribution in [3.05, 3.63) is 45.7 Å². The van der Waals surface area contributed by atoms with Crippen LogP contribution in [-0.2, 0) is 19.4 Å². The Hall–Kier alpha value is -1.13. The Labute approximate surface area is 135 Å². The van der Waals surface area contributed by atoms with E-state index in [2.05, 4.69) is 64.9 Å². The van der Waals surface area contributed by atoms with Crippen LogP contribution in [0.1, 0.15) is 44.1 Å². The van der Waals surface area contributed by atoms with E-state index < -0.39 is 0 Å². The zero-order chi connectivity index (χ0) is 15.2. The fraction of sp³-hybridized carbons (Fsp3) is 0.471. The molecule has 0 saturated heterocycles. The molecular weight excluding hydrogens is 326 g/mol. The fourth-order valence-corrected chi connectivity index (χ4v) is 3.05. The molecule has 2 rings (SSSR count). The van der Waals surface area contributed by atoms with Gasteiger partial charge in [0, 0.05) is 22.3 Å². The lowest BCUT2D eigenvalue weighted by Crippen LogP contribution is -2.16. The predicted octanol–water partition coefficient (Wildman–Crippen LogP) is 4.26.